The normalized spacial score (nSPS) is 28.3. The summed E-state index contributed by atoms with van der Waals surface area (Å²) in [5.41, 5.74) is 0.279. The second kappa shape index (κ2) is 13.9. The van der Waals surface area contributed by atoms with Crippen LogP contribution in [-0.4, -0.2) is 90.3 Å². The molecule has 1 aromatic rings. The van der Waals surface area contributed by atoms with Crippen molar-refractivity contribution < 1.29 is 41.9 Å². The van der Waals surface area contributed by atoms with Crippen LogP contribution in [0, 0.1) is 23.2 Å². The van der Waals surface area contributed by atoms with E-state index in [1.165, 1.54) is 11.0 Å². The molecule has 3 N–H and O–H groups in total. The van der Waals surface area contributed by atoms with Gasteiger partial charge in [0.1, 0.15) is 23.7 Å². The van der Waals surface area contributed by atoms with Gasteiger partial charge in [-0.25, -0.2) is 18.0 Å². The van der Waals surface area contributed by atoms with Gasteiger partial charge in [0.15, 0.2) is 0 Å². The number of nitrogens with zero attached hydrogens (tertiary/aromatic N) is 2. The average Bonchev–Trinajstić information content (AvgIpc) is 3.96. The zero-order chi connectivity index (χ0) is 36.7. The van der Waals surface area contributed by atoms with Crippen LogP contribution >= 0.6 is 0 Å². The smallest absolute Gasteiger partial charge is 0.410 e. The summed E-state index contributed by atoms with van der Waals surface area (Å²) in [7, 11) is -3.91. The van der Waals surface area contributed by atoms with Crippen molar-refractivity contribution >= 4 is 39.9 Å². The van der Waals surface area contributed by atoms with Crippen LogP contribution < -0.4 is 15.4 Å². The number of alkyl carbamates (subject to hydrolysis) is 1. The summed E-state index contributed by atoms with van der Waals surface area (Å²) < 4.78 is 38.7. The lowest BCUT2D eigenvalue weighted by atomic mass is 9.85. The number of fused-ring (bicyclic) bond motifs is 3. The molecule has 6 rings (SSSR count). The molecule has 0 radical (unpaired) electrons. The Hall–Kier alpha value is -4.58. The van der Waals surface area contributed by atoms with Crippen LogP contribution in [0.2, 0.25) is 0 Å². The van der Waals surface area contributed by atoms with E-state index in [9.17, 15) is 32.4 Å². The van der Waals surface area contributed by atoms with Crippen LogP contribution in [0.5, 0.6) is 0 Å². The first-order valence-electron chi connectivity index (χ1n) is 17.4. The van der Waals surface area contributed by atoms with E-state index in [2.05, 4.69) is 33.8 Å². The summed E-state index contributed by atoms with van der Waals surface area (Å²) >= 11 is 0. The molecule has 1 saturated heterocycles. The van der Waals surface area contributed by atoms with Crippen molar-refractivity contribution in [2.45, 2.75) is 108 Å². The van der Waals surface area contributed by atoms with Crippen LogP contribution in [0.4, 0.5) is 9.59 Å². The highest BCUT2D eigenvalue weighted by Gasteiger charge is 2.62. The molecular weight excluding hydrogens is 678 g/mol. The summed E-state index contributed by atoms with van der Waals surface area (Å²) in [6.45, 7) is 9.56. The number of carbonyl (C=O) groups excluding carboxylic acids is 5. The van der Waals surface area contributed by atoms with Gasteiger partial charge >= 0.3 is 12.2 Å². The summed E-state index contributed by atoms with van der Waals surface area (Å²) in [6.07, 6.45) is 1.88. The number of amides is 5. The highest BCUT2D eigenvalue weighted by molar-refractivity contribution is 7.91. The van der Waals surface area contributed by atoms with Gasteiger partial charge in [0.05, 0.1) is 24.9 Å². The van der Waals surface area contributed by atoms with Crippen LogP contribution in [0.3, 0.4) is 0 Å². The lowest BCUT2D eigenvalue weighted by Crippen LogP contribution is -2.60. The fraction of sp³-hybridized carbons (Fsp3) is 0.583. The molecule has 2 saturated carbocycles. The van der Waals surface area contributed by atoms with Crippen molar-refractivity contribution in [2.75, 3.05) is 13.2 Å². The fourth-order valence-electron chi connectivity index (χ4n) is 6.89. The highest BCUT2D eigenvalue weighted by Crippen LogP contribution is 2.45. The van der Waals surface area contributed by atoms with Gasteiger partial charge in [-0.1, -0.05) is 50.8 Å². The van der Waals surface area contributed by atoms with Crippen molar-refractivity contribution in [3.05, 3.63) is 47.5 Å². The number of cyclic esters (lactones) is 1. The molecule has 14 nitrogen and oxygen atoms in total. The number of carbonyl (C=O) groups is 5. The van der Waals surface area contributed by atoms with Gasteiger partial charge in [-0.05, 0) is 54.7 Å². The van der Waals surface area contributed by atoms with Crippen molar-refractivity contribution in [3.63, 3.8) is 0 Å². The standard InChI is InChI=1S/C36H45N5O9S/c1-5-24-18-36(24,32(44)39-51(47,48)26-14-15-26)38-30(42)28-17-25-20-41(28)31(43)29(35(2,3)4)37-33(45)49-16-9-7-6-8-11-22-12-10-13-23-19-40(21-27(22)23)34(46)50-25/h5,10,12-13,24-26,28-29H,1,6-7,9,14-21H2,2-4H3,(H,37,45)(H,38,42)(H,39,44)/t24-,25+,28-,29+,36+/m0/s1. The second-order valence-corrected chi connectivity index (χ2v) is 17.0. The molecule has 4 bridgehead atoms. The molecular formula is C36H45N5O9S. The zero-order valence-electron chi connectivity index (χ0n) is 29.2. The Morgan fingerprint density at radius 2 is 1.90 bits per heavy atom. The zero-order valence-corrected chi connectivity index (χ0v) is 30.0. The van der Waals surface area contributed by atoms with E-state index in [1.54, 1.807) is 25.7 Å². The molecule has 51 heavy (non-hydrogen) atoms. The highest BCUT2D eigenvalue weighted by atomic mass is 32.2. The molecule has 5 aliphatic rings. The maximum absolute atomic E-state index is 14.3. The van der Waals surface area contributed by atoms with Crippen LogP contribution in [-0.2, 0) is 47.0 Å². The van der Waals surface area contributed by atoms with Crippen LogP contribution in [0.15, 0.2) is 30.9 Å². The largest absolute Gasteiger partial charge is 0.450 e. The molecule has 274 valence electrons. The number of ether oxygens (including phenoxy) is 2. The summed E-state index contributed by atoms with van der Waals surface area (Å²) in [5, 5.41) is 4.75. The maximum Gasteiger partial charge on any atom is 0.410 e. The Morgan fingerprint density at radius 1 is 1.14 bits per heavy atom. The molecule has 15 heteroatoms. The van der Waals surface area contributed by atoms with Gasteiger partial charge < -0.3 is 25.0 Å². The van der Waals surface area contributed by atoms with E-state index in [-0.39, 0.29) is 32.5 Å². The summed E-state index contributed by atoms with van der Waals surface area (Å²) in [5.74, 6) is 3.62. The number of nitrogens with one attached hydrogen (secondary N) is 3. The lowest BCUT2D eigenvalue weighted by molar-refractivity contribution is -0.142. The molecule has 1 aromatic carbocycles. The molecule has 3 aliphatic heterocycles. The van der Waals surface area contributed by atoms with Gasteiger partial charge in [0.2, 0.25) is 21.8 Å². The quantitative estimate of drug-likeness (QED) is 0.294. The molecule has 2 aliphatic carbocycles. The second-order valence-electron chi connectivity index (χ2n) is 15.1. The molecule has 0 spiro atoms. The van der Waals surface area contributed by atoms with E-state index in [0.717, 1.165) is 16.7 Å². The first-order valence-corrected chi connectivity index (χ1v) is 19.0. The monoisotopic (exact) mass is 723 g/mol. The van der Waals surface area contributed by atoms with Gasteiger partial charge in [-0.3, -0.25) is 24.0 Å². The number of rotatable bonds is 6. The first-order chi connectivity index (χ1) is 24.1. The summed E-state index contributed by atoms with van der Waals surface area (Å²) in [4.78, 5) is 71.1. The van der Waals surface area contributed by atoms with Crippen molar-refractivity contribution in [2.24, 2.45) is 11.3 Å². The minimum Gasteiger partial charge on any atom is -0.450 e. The molecule has 3 heterocycles. The molecule has 0 aromatic heterocycles. The van der Waals surface area contributed by atoms with E-state index in [4.69, 9.17) is 9.47 Å². The predicted molar refractivity (Wildman–Crippen MR) is 184 cm³/mol. The predicted octanol–water partition coefficient (Wildman–Crippen LogP) is 2.45. The number of hydrogen-bond acceptors (Lipinski definition) is 9. The number of benzene rings is 1. The lowest BCUT2D eigenvalue weighted by Gasteiger charge is -2.35. The maximum atomic E-state index is 14.3. The Labute approximate surface area is 298 Å². The van der Waals surface area contributed by atoms with E-state index in [1.807, 2.05) is 18.2 Å². The van der Waals surface area contributed by atoms with Gasteiger partial charge in [-0.15, -0.1) is 6.58 Å². The minimum atomic E-state index is -3.91. The Bertz CT molecular complexity index is 1810. The van der Waals surface area contributed by atoms with Gasteiger partial charge in [0, 0.05) is 30.9 Å². The van der Waals surface area contributed by atoms with Crippen molar-refractivity contribution in [1.82, 2.24) is 25.2 Å². The van der Waals surface area contributed by atoms with E-state index < -0.39 is 80.2 Å². The molecule has 0 unspecified atom stereocenters. The van der Waals surface area contributed by atoms with Crippen LogP contribution in [0.25, 0.3) is 0 Å². The minimum absolute atomic E-state index is 0.0982. The van der Waals surface area contributed by atoms with Crippen molar-refractivity contribution in [1.29, 1.82) is 0 Å². The third kappa shape index (κ3) is 7.71. The molecule has 5 atom stereocenters. The SMILES string of the molecule is C=C[C@H]1C[C@]1(NC(=O)[C@@H]1C[C@@H]2CN1C(=O)[C@H](C(C)(C)C)NC(=O)OCCCCC#Cc1cccc3c1CN(C3)C(=O)O2)C(=O)NS(=O)(=O)C1CC1. The Morgan fingerprint density at radius 3 is 2.59 bits per heavy atom. The van der Waals surface area contributed by atoms with Gasteiger partial charge in [-0.2, -0.15) is 0 Å². The fourth-order valence-corrected chi connectivity index (χ4v) is 8.26. The van der Waals surface area contributed by atoms with E-state index >= 15 is 0 Å². The van der Waals surface area contributed by atoms with Crippen molar-refractivity contribution in [3.8, 4) is 11.8 Å². The summed E-state index contributed by atoms with van der Waals surface area (Å²) in [6, 6.07) is 3.37. The van der Waals surface area contributed by atoms with E-state index in [0.29, 0.717) is 38.6 Å². The topological polar surface area (TPSA) is 181 Å². The molecule has 3 fully saturated rings. The Kier molecular flexibility index (Phi) is 9.84. The number of hydrogen-bond donors (Lipinski definition) is 3. The van der Waals surface area contributed by atoms with Crippen LogP contribution in [0.1, 0.15) is 82.4 Å². The first kappa shape index (κ1) is 36.2. The third-order valence-corrected chi connectivity index (χ3v) is 12.0. The average molecular weight is 724 g/mol. The third-order valence-electron chi connectivity index (χ3n) is 10.1. The number of sulfonamides is 1. The Balaban J connectivity index is 1.27. The molecule has 5 amide bonds. The van der Waals surface area contributed by atoms with Gasteiger partial charge in [0.25, 0.3) is 5.91 Å².